The molecule has 0 N–H and O–H groups in total. The van der Waals surface area contributed by atoms with Gasteiger partial charge in [-0.2, -0.15) is 4.31 Å². The van der Waals surface area contributed by atoms with E-state index in [9.17, 15) is 8.42 Å². The lowest BCUT2D eigenvalue weighted by Crippen LogP contribution is -2.31. The van der Waals surface area contributed by atoms with Gasteiger partial charge in [0.1, 0.15) is 0 Å². The Morgan fingerprint density at radius 1 is 0.958 bits per heavy atom. The number of benzene rings is 2. The standard InChI is InChI=1S/C20H25NO2S/c1-14-7-5-8-18(13-14)19-9-6-10-21(19)24(22,23)20-16(3)11-15(2)12-17(20)4/h5,7-8,11-13,19H,6,9-10H2,1-4H3/t19-/m0/s1. The maximum atomic E-state index is 13.4. The number of sulfonamides is 1. The summed E-state index contributed by atoms with van der Waals surface area (Å²) < 4.78 is 28.5. The maximum Gasteiger partial charge on any atom is 0.244 e. The molecular weight excluding hydrogens is 318 g/mol. The van der Waals surface area contributed by atoms with Gasteiger partial charge in [-0.25, -0.2) is 8.42 Å². The van der Waals surface area contributed by atoms with Crippen molar-refractivity contribution in [2.24, 2.45) is 0 Å². The Morgan fingerprint density at radius 3 is 2.25 bits per heavy atom. The predicted molar refractivity (Wildman–Crippen MR) is 97.7 cm³/mol. The lowest BCUT2D eigenvalue weighted by atomic mass is 10.0. The zero-order chi connectivity index (χ0) is 17.5. The highest BCUT2D eigenvalue weighted by Crippen LogP contribution is 2.38. The van der Waals surface area contributed by atoms with E-state index in [4.69, 9.17) is 0 Å². The SMILES string of the molecule is Cc1cccc([C@@H]2CCCN2S(=O)(=O)c2c(C)cc(C)cc2C)c1. The van der Waals surface area contributed by atoms with Crippen molar-refractivity contribution in [2.75, 3.05) is 6.54 Å². The van der Waals surface area contributed by atoms with Gasteiger partial charge in [-0.05, 0) is 57.2 Å². The fraction of sp³-hybridized carbons (Fsp3) is 0.400. The predicted octanol–water partition coefficient (Wildman–Crippen LogP) is 4.45. The van der Waals surface area contributed by atoms with E-state index in [1.165, 1.54) is 5.56 Å². The maximum absolute atomic E-state index is 13.4. The molecule has 0 radical (unpaired) electrons. The van der Waals surface area contributed by atoms with Crippen LogP contribution < -0.4 is 0 Å². The summed E-state index contributed by atoms with van der Waals surface area (Å²) in [5.74, 6) is 0. The summed E-state index contributed by atoms with van der Waals surface area (Å²) in [5, 5.41) is 0. The fourth-order valence-corrected chi connectivity index (χ4v) is 6.03. The van der Waals surface area contributed by atoms with Gasteiger partial charge in [-0.15, -0.1) is 0 Å². The molecule has 3 nitrogen and oxygen atoms in total. The van der Waals surface area contributed by atoms with Crippen molar-refractivity contribution in [3.05, 3.63) is 64.2 Å². The Balaban J connectivity index is 2.06. The molecule has 2 aromatic rings. The van der Waals surface area contributed by atoms with Crippen LogP contribution in [0.25, 0.3) is 0 Å². The highest BCUT2D eigenvalue weighted by Gasteiger charge is 2.37. The van der Waals surface area contributed by atoms with Crippen LogP contribution in [-0.4, -0.2) is 19.3 Å². The van der Waals surface area contributed by atoms with Crippen molar-refractivity contribution < 1.29 is 8.42 Å². The van der Waals surface area contributed by atoms with Crippen LogP contribution in [0.15, 0.2) is 41.3 Å². The molecule has 1 saturated heterocycles. The lowest BCUT2D eigenvalue weighted by molar-refractivity contribution is 0.396. The number of hydrogen-bond donors (Lipinski definition) is 0. The molecule has 0 aliphatic carbocycles. The zero-order valence-corrected chi connectivity index (χ0v) is 15.7. The minimum atomic E-state index is -3.49. The van der Waals surface area contributed by atoms with E-state index in [2.05, 4.69) is 6.07 Å². The Hall–Kier alpha value is -1.65. The topological polar surface area (TPSA) is 37.4 Å². The highest BCUT2D eigenvalue weighted by molar-refractivity contribution is 7.89. The first kappa shape index (κ1) is 17.2. The molecule has 2 aromatic carbocycles. The van der Waals surface area contributed by atoms with Crippen molar-refractivity contribution in [1.82, 2.24) is 4.31 Å². The third-order valence-electron chi connectivity index (χ3n) is 4.80. The van der Waals surface area contributed by atoms with Crippen LogP contribution in [0, 0.1) is 27.7 Å². The van der Waals surface area contributed by atoms with Crippen LogP contribution in [0.3, 0.4) is 0 Å². The van der Waals surface area contributed by atoms with Crippen molar-refractivity contribution in [3.8, 4) is 0 Å². The molecule has 4 heteroatoms. The van der Waals surface area contributed by atoms with E-state index in [0.717, 1.165) is 35.1 Å². The van der Waals surface area contributed by atoms with Crippen molar-refractivity contribution in [1.29, 1.82) is 0 Å². The average Bonchev–Trinajstić information content (AvgIpc) is 2.96. The second kappa shape index (κ2) is 6.34. The third-order valence-corrected chi connectivity index (χ3v) is 7.02. The van der Waals surface area contributed by atoms with E-state index >= 15 is 0 Å². The fourth-order valence-electron chi connectivity index (χ4n) is 3.93. The minimum Gasteiger partial charge on any atom is -0.207 e. The van der Waals surface area contributed by atoms with Crippen LogP contribution in [0.1, 0.15) is 46.7 Å². The number of hydrogen-bond acceptors (Lipinski definition) is 2. The lowest BCUT2D eigenvalue weighted by Gasteiger charge is -2.26. The summed E-state index contributed by atoms with van der Waals surface area (Å²) in [5.41, 5.74) is 5.03. The molecule has 0 spiro atoms. The molecule has 1 atom stereocenters. The Morgan fingerprint density at radius 2 is 1.62 bits per heavy atom. The molecule has 128 valence electrons. The minimum absolute atomic E-state index is 0.0602. The van der Waals surface area contributed by atoms with Crippen molar-refractivity contribution in [3.63, 3.8) is 0 Å². The average molecular weight is 343 g/mol. The summed E-state index contributed by atoms with van der Waals surface area (Å²) in [6, 6.07) is 12.1. The van der Waals surface area contributed by atoms with Crippen LogP contribution in [0.4, 0.5) is 0 Å². The number of nitrogens with zero attached hydrogens (tertiary/aromatic N) is 1. The summed E-state index contributed by atoms with van der Waals surface area (Å²) in [7, 11) is -3.49. The largest absolute Gasteiger partial charge is 0.244 e. The van der Waals surface area contributed by atoms with Crippen LogP contribution in [0.2, 0.25) is 0 Å². The van der Waals surface area contributed by atoms with E-state index in [-0.39, 0.29) is 6.04 Å². The first-order valence-corrected chi connectivity index (χ1v) is 9.91. The molecule has 1 heterocycles. The van der Waals surface area contributed by atoms with E-state index in [0.29, 0.717) is 11.4 Å². The van der Waals surface area contributed by atoms with E-state index in [1.54, 1.807) is 4.31 Å². The monoisotopic (exact) mass is 343 g/mol. The Labute approximate surface area is 145 Å². The molecule has 0 aromatic heterocycles. The first-order valence-electron chi connectivity index (χ1n) is 8.47. The van der Waals surface area contributed by atoms with E-state index in [1.807, 2.05) is 58.0 Å². The third kappa shape index (κ3) is 3.01. The van der Waals surface area contributed by atoms with Gasteiger partial charge in [-0.3, -0.25) is 0 Å². The second-order valence-electron chi connectivity index (χ2n) is 6.92. The molecule has 0 amide bonds. The van der Waals surface area contributed by atoms with Gasteiger partial charge in [0.25, 0.3) is 0 Å². The molecule has 0 unspecified atom stereocenters. The number of rotatable bonds is 3. The zero-order valence-electron chi connectivity index (χ0n) is 14.8. The van der Waals surface area contributed by atoms with Crippen LogP contribution >= 0.6 is 0 Å². The first-order chi connectivity index (χ1) is 11.3. The summed E-state index contributed by atoms with van der Waals surface area (Å²) >= 11 is 0. The van der Waals surface area contributed by atoms with Gasteiger partial charge in [-0.1, -0.05) is 47.5 Å². The van der Waals surface area contributed by atoms with E-state index < -0.39 is 10.0 Å². The van der Waals surface area contributed by atoms with Gasteiger partial charge in [0.15, 0.2) is 0 Å². The van der Waals surface area contributed by atoms with Gasteiger partial charge in [0.05, 0.1) is 10.9 Å². The highest BCUT2D eigenvalue weighted by atomic mass is 32.2. The molecule has 1 aliphatic heterocycles. The Kier molecular flexibility index (Phi) is 4.54. The molecule has 0 saturated carbocycles. The molecule has 3 rings (SSSR count). The number of aryl methyl sites for hydroxylation is 4. The molecular formula is C20H25NO2S. The summed E-state index contributed by atoms with van der Waals surface area (Å²) in [6.45, 7) is 8.43. The van der Waals surface area contributed by atoms with Crippen LogP contribution in [-0.2, 0) is 10.0 Å². The van der Waals surface area contributed by atoms with Gasteiger partial charge in [0, 0.05) is 6.54 Å². The molecule has 0 bridgehead atoms. The van der Waals surface area contributed by atoms with Crippen molar-refractivity contribution in [2.45, 2.75) is 51.5 Å². The quantitative estimate of drug-likeness (QED) is 0.826. The smallest absolute Gasteiger partial charge is 0.207 e. The molecule has 1 aliphatic rings. The Bertz CT molecular complexity index is 848. The summed E-state index contributed by atoms with van der Waals surface area (Å²) in [4.78, 5) is 0.479. The normalized spacial score (nSPS) is 18.9. The molecule has 1 fully saturated rings. The van der Waals surface area contributed by atoms with Crippen LogP contribution in [0.5, 0.6) is 0 Å². The van der Waals surface area contributed by atoms with Crippen molar-refractivity contribution >= 4 is 10.0 Å². The van der Waals surface area contributed by atoms with Gasteiger partial charge in [0.2, 0.25) is 10.0 Å². The van der Waals surface area contributed by atoms with Gasteiger partial charge < -0.3 is 0 Å². The molecule has 24 heavy (non-hydrogen) atoms. The van der Waals surface area contributed by atoms with Gasteiger partial charge >= 0.3 is 0 Å². The summed E-state index contributed by atoms with van der Waals surface area (Å²) in [6.07, 6.45) is 1.79. The second-order valence-corrected chi connectivity index (χ2v) is 8.74.